The number of para-hydroxylation sites is 2. The van der Waals surface area contributed by atoms with Gasteiger partial charge in [-0.2, -0.15) is 0 Å². The smallest absolute Gasteiger partial charge is 0.180 e. The number of aromatic nitrogens is 3. The Hall–Kier alpha value is -2.14. The Balaban J connectivity index is 1.87. The van der Waals surface area contributed by atoms with E-state index in [0.717, 1.165) is 28.2 Å². The van der Waals surface area contributed by atoms with Gasteiger partial charge in [0.25, 0.3) is 0 Å². The van der Waals surface area contributed by atoms with E-state index in [1.165, 1.54) is 32.1 Å². The molecule has 1 aliphatic carbocycles. The van der Waals surface area contributed by atoms with Crippen LogP contribution in [0.25, 0.3) is 16.7 Å². The molecule has 1 aromatic carbocycles. The molecule has 2 N–H and O–H groups in total. The lowest BCUT2D eigenvalue weighted by atomic mass is 9.95. The number of anilines is 1. The van der Waals surface area contributed by atoms with E-state index in [2.05, 4.69) is 10.3 Å². The summed E-state index contributed by atoms with van der Waals surface area (Å²) in [5.74, 6) is 0.824. The number of nitrogens with one attached hydrogen (secondary N) is 1. The molecular formula is C17H20N4O. The summed E-state index contributed by atoms with van der Waals surface area (Å²) in [7, 11) is 0. The molecule has 2 heterocycles. The topological polar surface area (TPSA) is 62.5 Å². The van der Waals surface area contributed by atoms with Gasteiger partial charge in [-0.05, 0) is 25.0 Å². The average Bonchev–Trinajstić information content (AvgIpc) is 3.01. The molecule has 1 aliphatic rings. The van der Waals surface area contributed by atoms with Crippen molar-refractivity contribution in [3.63, 3.8) is 0 Å². The quantitative estimate of drug-likeness (QED) is 0.779. The minimum Gasteiger partial charge on any atom is -0.390 e. The monoisotopic (exact) mass is 296 g/mol. The van der Waals surface area contributed by atoms with Gasteiger partial charge in [0.05, 0.1) is 29.5 Å². The van der Waals surface area contributed by atoms with Crippen molar-refractivity contribution < 1.29 is 5.11 Å². The number of benzene rings is 1. The van der Waals surface area contributed by atoms with Gasteiger partial charge in [0, 0.05) is 6.04 Å². The standard InChI is InChI=1S/C17H20N4O/c22-11-13-10-18-17-16(19-12-6-2-1-3-7-12)20-14-8-4-5-9-15(14)21(13)17/h4-5,8-10,12,22H,1-3,6-7,11H2,(H,19,20). The Morgan fingerprint density at radius 3 is 2.82 bits per heavy atom. The SMILES string of the molecule is OCc1cnc2c(NC3CCCCC3)nc3ccccc3n12. The van der Waals surface area contributed by atoms with E-state index in [-0.39, 0.29) is 6.61 Å². The second-order valence-electron chi connectivity index (χ2n) is 6.00. The summed E-state index contributed by atoms with van der Waals surface area (Å²) in [5.41, 5.74) is 3.49. The molecule has 4 rings (SSSR count). The van der Waals surface area contributed by atoms with E-state index < -0.39 is 0 Å². The molecule has 0 saturated heterocycles. The van der Waals surface area contributed by atoms with Crippen LogP contribution in [-0.4, -0.2) is 25.5 Å². The molecule has 22 heavy (non-hydrogen) atoms. The summed E-state index contributed by atoms with van der Waals surface area (Å²) in [6.45, 7) is -0.0297. The Morgan fingerprint density at radius 2 is 2.00 bits per heavy atom. The number of fused-ring (bicyclic) bond motifs is 3. The second-order valence-corrected chi connectivity index (χ2v) is 6.00. The van der Waals surface area contributed by atoms with Crippen LogP contribution in [0.5, 0.6) is 0 Å². The lowest BCUT2D eigenvalue weighted by Gasteiger charge is -2.23. The highest BCUT2D eigenvalue weighted by molar-refractivity contribution is 5.83. The number of hydrogen-bond acceptors (Lipinski definition) is 4. The first-order valence-corrected chi connectivity index (χ1v) is 7.99. The summed E-state index contributed by atoms with van der Waals surface area (Å²) in [6, 6.07) is 8.46. The van der Waals surface area contributed by atoms with Gasteiger partial charge in [0.15, 0.2) is 11.5 Å². The van der Waals surface area contributed by atoms with Crippen molar-refractivity contribution in [3.8, 4) is 0 Å². The molecule has 0 amide bonds. The van der Waals surface area contributed by atoms with Gasteiger partial charge in [-0.25, -0.2) is 9.97 Å². The maximum Gasteiger partial charge on any atom is 0.180 e. The van der Waals surface area contributed by atoms with Crippen molar-refractivity contribution in [2.24, 2.45) is 0 Å². The lowest BCUT2D eigenvalue weighted by Crippen LogP contribution is -2.23. The lowest BCUT2D eigenvalue weighted by molar-refractivity contribution is 0.276. The fraction of sp³-hybridized carbons (Fsp3) is 0.412. The maximum absolute atomic E-state index is 9.59. The molecule has 0 radical (unpaired) electrons. The van der Waals surface area contributed by atoms with Crippen molar-refractivity contribution in [1.29, 1.82) is 0 Å². The van der Waals surface area contributed by atoms with E-state index in [0.29, 0.717) is 6.04 Å². The van der Waals surface area contributed by atoms with Crippen LogP contribution in [0.3, 0.4) is 0 Å². The maximum atomic E-state index is 9.59. The summed E-state index contributed by atoms with van der Waals surface area (Å²) < 4.78 is 2.01. The van der Waals surface area contributed by atoms with Gasteiger partial charge in [0.1, 0.15) is 0 Å². The van der Waals surface area contributed by atoms with Crippen LogP contribution < -0.4 is 5.32 Å². The molecule has 5 heteroatoms. The van der Waals surface area contributed by atoms with Gasteiger partial charge in [0.2, 0.25) is 0 Å². The molecular weight excluding hydrogens is 276 g/mol. The zero-order chi connectivity index (χ0) is 14.9. The predicted molar refractivity (Wildman–Crippen MR) is 86.9 cm³/mol. The van der Waals surface area contributed by atoms with E-state index in [1.807, 2.05) is 28.7 Å². The zero-order valence-corrected chi connectivity index (χ0v) is 12.5. The van der Waals surface area contributed by atoms with E-state index >= 15 is 0 Å². The molecule has 2 aromatic heterocycles. The summed E-state index contributed by atoms with van der Waals surface area (Å²) in [4.78, 5) is 9.25. The van der Waals surface area contributed by atoms with Crippen LogP contribution in [0.4, 0.5) is 5.82 Å². The molecule has 0 unspecified atom stereocenters. The Kier molecular flexibility index (Phi) is 3.42. The van der Waals surface area contributed by atoms with Gasteiger partial charge in [-0.15, -0.1) is 0 Å². The zero-order valence-electron chi connectivity index (χ0n) is 12.5. The molecule has 0 spiro atoms. The summed E-state index contributed by atoms with van der Waals surface area (Å²) >= 11 is 0. The van der Waals surface area contributed by atoms with Crippen molar-refractivity contribution in [2.75, 3.05) is 5.32 Å². The van der Waals surface area contributed by atoms with Gasteiger partial charge in [-0.1, -0.05) is 31.4 Å². The molecule has 0 bridgehead atoms. The van der Waals surface area contributed by atoms with Crippen LogP contribution in [0, 0.1) is 0 Å². The van der Waals surface area contributed by atoms with Crippen molar-refractivity contribution in [1.82, 2.24) is 14.4 Å². The second kappa shape index (κ2) is 5.57. The first-order chi connectivity index (χ1) is 10.9. The number of aliphatic hydroxyl groups is 1. The normalized spacial score (nSPS) is 16.4. The van der Waals surface area contributed by atoms with Gasteiger partial charge >= 0.3 is 0 Å². The largest absolute Gasteiger partial charge is 0.390 e. The van der Waals surface area contributed by atoms with E-state index in [1.54, 1.807) is 6.20 Å². The Bertz CT molecular complexity index is 805. The van der Waals surface area contributed by atoms with Crippen LogP contribution in [0.1, 0.15) is 37.8 Å². The third kappa shape index (κ3) is 2.22. The minimum absolute atomic E-state index is 0.0297. The highest BCUT2D eigenvalue weighted by Gasteiger charge is 2.18. The van der Waals surface area contributed by atoms with Crippen LogP contribution in [0.2, 0.25) is 0 Å². The van der Waals surface area contributed by atoms with Gasteiger partial charge < -0.3 is 10.4 Å². The van der Waals surface area contributed by atoms with Crippen LogP contribution in [-0.2, 0) is 6.61 Å². The molecule has 114 valence electrons. The Morgan fingerprint density at radius 1 is 1.18 bits per heavy atom. The summed E-state index contributed by atoms with van der Waals surface area (Å²) in [6.07, 6.45) is 7.99. The number of hydrogen-bond donors (Lipinski definition) is 2. The number of nitrogens with zero attached hydrogens (tertiary/aromatic N) is 3. The Labute approximate surface area is 129 Å². The molecule has 1 saturated carbocycles. The highest BCUT2D eigenvalue weighted by Crippen LogP contribution is 2.26. The predicted octanol–water partition coefficient (Wildman–Crippen LogP) is 3.12. The van der Waals surface area contributed by atoms with Crippen LogP contribution >= 0.6 is 0 Å². The molecule has 5 nitrogen and oxygen atoms in total. The molecule has 3 aromatic rings. The van der Waals surface area contributed by atoms with Gasteiger partial charge in [-0.3, -0.25) is 4.40 Å². The molecule has 1 fully saturated rings. The average molecular weight is 296 g/mol. The van der Waals surface area contributed by atoms with E-state index in [4.69, 9.17) is 4.98 Å². The fourth-order valence-electron chi connectivity index (χ4n) is 3.39. The number of aliphatic hydroxyl groups excluding tert-OH is 1. The summed E-state index contributed by atoms with van der Waals surface area (Å²) in [5, 5.41) is 13.2. The highest BCUT2D eigenvalue weighted by atomic mass is 16.3. The first-order valence-electron chi connectivity index (χ1n) is 7.99. The minimum atomic E-state index is -0.0297. The fourth-order valence-corrected chi connectivity index (χ4v) is 3.39. The van der Waals surface area contributed by atoms with Crippen LogP contribution in [0.15, 0.2) is 30.5 Å². The number of rotatable bonds is 3. The van der Waals surface area contributed by atoms with E-state index in [9.17, 15) is 5.11 Å². The first kappa shape index (κ1) is 13.5. The third-order valence-corrected chi connectivity index (χ3v) is 4.51. The van der Waals surface area contributed by atoms with Crippen molar-refractivity contribution >= 4 is 22.5 Å². The van der Waals surface area contributed by atoms with Crippen molar-refractivity contribution in [2.45, 2.75) is 44.8 Å². The number of imidazole rings is 1. The third-order valence-electron chi connectivity index (χ3n) is 4.51. The molecule has 0 aliphatic heterocycles. The molecule has 0 atom stereocenters. The van der Waals surface area contributed by atoms with Crippen molar-refractivity contribution in [3.05, 3.63) is 36.2 Å².